The highest BCUT2D eigenvalue weighted by molar-refractivity contribution is 5.94. The molecule has 3 N–H and O–H groups in total. The van der Waals surface area contributed by atoms with E-state index in [1.54, 1.807) is 14.2 Å². The lowest BCUT2D eigenvalue weighted by Gasteiger charge is -2.17. The van der Waals surface area contributed by atoms with Crippen molar-refractivity contribution in [2.75, 3.05) is 34.4 Å². The molecular weight excluding hydrogens is 310 g/mol. The number of imide groups is 1. The van der Waals surface area contributed by atoms with Crippen molar-refractivity contribution in [3.05, 3.63) is 23.8 Å². The van der Waals surface area contributed by atoms with Gasteiger partial charge in [0.15, 0.2) is 18.0 Å². The minimum atomic E-state index is -0.444. The number of methoxy groups -OCH3 is 2. The molecule has 0 spiro atoms. The molecule has 0 saturated carbocycles. The number of ether oxygens (including phenoxy) is 2. The lowest BCUT2D eigenvalue weighted by molar-refractivity contribution is -0.885. The zero-order valence-electron chi connectivity index (χ0n) is 14.9. The van der Waals surface area contributed by atoms with Gasteiger partial charge in [-0.25, -0.2) is 4.79 Å². The van der Waals surface area contributed by atoms with E-state index in [4.69, 9.17) is 9.47 Å². The van der Waals surface area contributed by atoms with Gasteiger partial charge in [-0.15, -0.1) is 0 Å². The molecule has 0 saturated heterocycles. The summed E-state index contributed by atoms with van der Waals surface area (Å²) < 4.78 is 10.7. The van der Waals surface area contributed by atoms with Crippen LogP contribution in [0.5, 0.6) is 11.5 Å². The Balaban J connectivity index is 2.52. The third-order valence-corrected chi connectivity index (χ3v) is 3.51. The average Bonchev–Trinajstić information content (AvgIpc) is 2.54. The van der Waals surface area contributed by atoms with Crippen molar-refractivity contribution >= 4 is 11.9 Å². The third kappa shape index (κ3) is 6.45. The van der Waals surface area contributed by atoms with E-state index in [0.29, 0.717) is 24.6 Å². The molecule has 0 aliphatic carbocycles. The second kappa shape index (κ2) is 10.5. The predicted molar refractivity (Wildman–Crippen MR) is 91.5 cm³/mol. The van der Waals surface area contributed by atoms with E-state index in [0.717, 1.165) is 23.3 Å². The zero-order chi connectivity index (χ0) is 17.9. The summed E-state index contributed by atoms with van der Waals surface area (Å²) in [6.45, 7) is 3.36. The van der Waals surface area contributed by atoms with Crippen molar-refractivity contribution < 1.29 is 24.0 Å². The van der Waals surface area contributed by atoms with Crippen LogP contribution in [0.2, 0.25) is 0 Å². The number of carbonyl (C=O) groups excluding carboxylic acids is 2. The topological polar surface area (TPSA) is 81.1 Å². The van der Waals surface area contributed by atoms with Gasteiger partial charge < -0.3 is 19.7 Å². The van der Waals surface area contributed by atoms with Crippen LogP contribution >= 0.6 is 0 Å². The highest BCUT2D eigenvalue weighted by Gasteiger charge is 2.17. The minimum absolute atomic E-state index is 0.182. The molecule has 134 valence electrons. The molecule has 1 unspecified atom stereocenters. The van der Waals surface area contributed by atoms with Gasteiger partial charge in [-0.05, 0) is 18.6 Å². The summed E-state index contributed by atoms with van der Waals surface area (Å²) >= 11 is 0. The van der Waals surface area contributed by atoms with Crippen LogP contribution in [0.25, 0.3) is 0 Å². The van der Waals surface area contributed by atoms with E-state index in [1.165, 1.54) is 0 Å². The molecule has 7 nitrogen and oxygen atoms in total. The molecule has 1 atom stereocenters. The standard InChI is InChI=1S/C17H27N3O4/c1-5-6-10-18-17(22)19-15(21)12-20(2)11-13-8-7-9-14(23-3)16(13)24-4/h7-9H,5-6,10-12H2,1-4H3,(H2,18,19,21,22)/p+1. The van der Waals surface area contributed by atoms with Gasteiger partial charge in [0.2, 0.25) is 0 Å². The minimum Gasteiger partial charge on any atom is -0.493 e. The number of hydrogen-bond donors (Lipinski definition) is 3. The van der Waals surface area contributed by atoms with Crippen molar-refractivity contribution in [3.8, 4) is 11.5 Å². The van der Waals surface area contributed by atoms with Gasteiger partial charge in [0, 0.05) is 6.54 Å². The number of benzene rings is 1. The molecular formula is C17H28N3O4+. The Morgan fingerprint density at radius 3 is 2.58 bits per heavy atom. The number of unbranched alkanes of at least 4 members (excludes halogenated alkanes) is 1. The zero-order valence-corrected chi connectivity index (χ0v) is 14.9. The first-order valence-corrected chi connectivity index (χ1v) is 8.10. The molecule has 0 heterocycles. The number of urea groups is 1. The maximum atomic E-state index is 11.9. The average molecular weight is 338 g/mol. The summed E-state index contributed by atoms with van der Waals surface area (Å²) in [6.07, 6.45) is 1.88. The lowest BCUT2D eigenvalue weighted by atomic mass is 10.1. The lowest BCUT2D eigenvalue weighted by Crippen LogP contribution is -3.09. The van der Waals surface area contributed by atoms with Crippen molar-refractivity contribution in [1.29, 1.82) is 0 Å². The van der Waals surface area contributed by atoms with Crippen molar-refractivity contribution in [2.45, 2.75) is 26.3 Å². The Morgan fingerprint density at radius 1 is 1.21 bits per heavy atom. The SMILES string of the molecule is CCCCNC(=O)NC(=O)C[NH+](C)Cc1cccc(OC)c1OC. The summed E-state index contributed by atoms with van der Waals surface area (Å²) in [7, 11) is 5.06. The van der Waals surface area contributed by atoms with Crippen LogP contribution in [0.15, 0.2) is 18.2 Å². The van der Waals surface area contributed by atoms with Gasteiger partial charge in [-0.2, -0.15) is 0 Å². The van der Waals surface area contributed by atoms with Crippen LogP contribution in [0.4, 0.5) is 4.79 Å². The molecule has 0 aromatic heterocycles. The van der Waals surface area contributed by atoms with Gasteiger partial charge in [0.1, 0.15) is 6.54 Å². The fourth-order valence-corrected chi connectivity index (χ4v) is 2.35. The van der Waals surface area contributed by atoms with Crippen LogP contribution in [0.1, 0.15) is 25.3 Å². The Bertz CT molecular complexity index is 549. The van der Waals surface area contributed by atoms with Crippen LogP contribution in [0.3, 0.4) is 0 Å². The smallest absolute Gasteiger partial charge is 0.321 e. The molecule has 3 amide bonds. The summed E-state index contributed by atoms with van der Waals surface area (Å²) in [6, 6.07) is 5.19. The first-order valence-electron chi connectivity index (χ1n) is 8.10. The van der Waals surface area contributed by atoms with Crippen molar-refractivity contribution in [3.63, 3.8) is 0 Å². The highest BCUT2D eigenvalue weighted by Crippen LogP contribution is 2.29. The van der Waals surface area contributed by atoms with E-state index in [1.807, 2.05) is 32.2 Å². The number of amides is 3. The molecule has 0 aliphatic heterocycles. The largest absolute Gasteiger partial charge is 0.493 e. The summed E-state index contributed by atoms with van der Waals surface area (Å²) in [4.78, 5) is 24.4. The second-order valence-electron chi connectivity index (χ2n) is 5.62. The van der Waals surface area contributed by atoms with Crippen LogP contribution in [-0.2, 0) is 11.3 Å². The van der Waals surface area contributed by atoms with Crippen molar-refractivity contribution in [2.24, 2.45) is 0 Å². The first kappa shape index (κ1) is 19.8. The molecule has 1 aromatic rings. The molecule has 1 aromatic carbocycles. The molecule has 0 aliphatic rings. The van der Waals surface area contributed by atoms with E-state index in [2.05, 4.69) is 10.6 Å². The second-order valence-corrected chi connectivity index (χ2v) is 5.62. The maximum Gasteiger partial charge on any atom is 0.321 e. The fraction of sp³-hybridized carbons (Fsp3) is 0.529. The van der Waals surface area contributed by atoms with Gasteiger partial charge in [-0.1, -0.05) is 19.4 Å². The number of nitrogens with one attached hydrogen (secondary N) is 3. The summed E-state index contributed by atoms with van der Waals surface area (Å²) in [5.74, 6) is 1.00. The summed E-state index contributed by atoms with van der Waals surface area (Å²) in [5.41, 5.74) is 0.939. The predicted octanol–water partition coefficient (Wildman–Crippen LogP) is 0.344. The number of quaternary nitrogens is 1. The Morgan fingerprint density at radius 2 is 1.96 bits per heavy atom. The first-order chi connectivity index (χ1) is 11.5. The molecule has 7 heteroatoms. The maximum absolute atomic E-state index is 11.9. The molecule has 0 fully saturated rings. The number of para-hydroxylation sites is 1. The van der Waals surface area contributed by atoms with Crippen LogP contribution in [-0.4, -0.2) is 46.3 Å². The summed E-state index contributed by atoms with van der Waals surface area (Å²) in [5, 5.41) is 4.99. The van der Waals surface area contributed by atoms with E-state index >= 15 is 0 Å². The fourth-order valence-electron chi connectivity index (χ4n) is 2.35. The van der Waals surface area contributed by atoms with E-state index in [9.17, 15) is 9.59 Å². The Labute approximate surface area is 143 Å². The van der Waals surface area contributed by atoms with E-state index < -0.39 is 6.03 Å². The van der Waals surface area contributed by atoms with Gasteiger partial charge in [0.05, 0.1) is 26.8 Å². The number of hydrogen-bond acceptors (Lipinski definition) is 4. The third-order valence-electron chi connectivity index (χ3n) is 3.51. The Hall–Kier alpha value is -2.28. The number of carbonyl (C=O) groups is 2. The van der Waals surface area contributed by atoms with Crippen molar-refractivity contribution in [1.82, 2.24) is 10.6 Å². The van der Waals surface area contributed by atoms with Gasteiger partial charge >= 0.3 is 6.03 Å². The monoisotopic (exact) mass is 338 g/mol. The van der Waals surface area contributed by atoms with Crippen LogP contribution < -0.4 is 25.0 Å². The number of likely N-dealkylation sites (N-methyl/N-ethyl adjacent to an activating group) is 1. The van der Waals surface area contributed by atoms with Gasteiger partial charge in [-0.3, -0.25) is 10.1 Å². The molecule has 24 heavy (non-hydrogen) atoms. The molecule has 1 rings (SSSR count). The highest BCUT2D eigenvalue weighted by atomic mass is 16.5. The van der Waals surface area contributed by atoms with Gasteiger partial charge in [0.25, 0.3) is 5.91 Å². The number of rotatable bonds is 9. The normalized spacial score (nSPS) is 11.5. The van der Waals surface area contributed by atoms with Crippen LogP contribution in [0, 0.1) is 0 Å². The van der Waals surface area contributed by atoms with E-state index in [-0.39, 0.29) is 12.5 Å². The molecule has 0 radical (unpaired) electrons. The molecule has 0 bridgehead atoms. The Kier molecular flexibility index (Phi) is 8.64. The quantitative estimate of drug-likeness (QED) is 0.568.